The van der Waals surface area contributed by atoms with Crippen molar-refractivity contribution in [3.05, 3.63) is 56.8 Å². The molecule has 5 nitrogen and oxygen atoms in total. The first-order valence-electron chi connectivity index (χ1n) is 5.85. The Morgan fingerprint density at radius 1 is 1.29 bits per heavy atom. The lowest BCUT2D eigenvalue weighted by molar-refractivity contribution is 0.0698. The zero-order valence-electron chi connectivity index (χ0n) is 10.9. The lowest BCUT2D eigenvalue weighted by Gasteiger charge is -2.09. The van der Waals surface area contributed by atoms with E-state index >= 15 is 0 Å². The largest absolute Gasteiger partial charge is 0.478 e. The lowest BCUT2D eigenvalue weighted by atomic mass is 10.1. The third-order valence-electron chi connectivity index (χ3n) is 2.64. The number of carbonyl (C=O) groups is 2. The number of amides is 1. The molecule has 21 heavy (non-hydrogen) atoms. The first-order chi connectivity index (χ1) is 9.86. The number of pyridine rings is 1. The molecule has 0 aliphatic carbocycles. The molecule has 108 valence electrons. The molecule has 0 saturated heterocycles. The Morgan fingerprint density at radius 2 is 2.00 bits per heavy atom. The van der Waals surface area contributed by atoms with E-state index in [0.717, 1.165) is 0 Å². The van der Waals surface area contributed by atoms with Gasteiger partial charge in [0, 0.05) is 15.7 Å². The van der Waals surface area contributed by atoms with Gasteiger partial charge in [-0.2, -0.15) is 0 Å². The molecule has 2 rings (SSSR count). The Balaban J connectivity index is 2.35. The van der Waals surface area contributed by atoms with E-state index in [4.69, 9.17) is 16.7 Å². The van der Waals surface area contributed by atoms with Crippen LogP contribution in [0.25, 0.3) is 0 Å². The molecule has 2 N–H and O–H groups in total. The van der Waals surface area contributed by atoms with Crippen LogP contribution in [-0.4, -0.2) is 22.0 Å². The van der Waals surface area contributed by atoms with Crippen LogP contribution in [0.5, 0.6) is 0 Å². The van der Waals surface area contributed by atoms with Crippen LogP contribution in [0.3, 0.4) is 0 Å². The van der Waals surface area contributed by atoms with E-state index in [1.165, 1.54) is 18.2 Å². The number of hydrogen-bond donors (Lipinski definition) is 2. The number of carboxylic acids is 1. The zero-order valence-corrected chi connectivity index (χ0v) is 13.2. The van der Waals surface area contributed by atoms with E-state index in [9.17, 15) is 9.59 Å². The van der Waals surface area contributed by atoms with Crippen LogP contribution in [0.2, 0.25) is 5.15 Å². The Hall–Kier alpha value is -1.92. The molecule has 0 bridgehead atoms. The number of anilines is 1. The smallest absolute Gasteiger partial charge is 0.337 e. The Bertz CT molecular complexity index is 714. The van der Waals surface area contributed by atoms with Crippen LogP contribution < -0.4 is 5.32 Å². The number of hydrogen-bond acceptors (Lipinski definition) is 3. The standard InChI is InChI=1S/C14H10BrClN2O3/c1-7-4-8(5-12(16)17-7)13(19)18-11-6-9(15)2-3-10(11)14(20)21/h2-6H,1H3,(H,18,19)(H,20,21). The average Bonchev–Trinajstić information content (AvgIpc) is 2.37. The summed E-state index contributed by atoms with van der Waals surface area (Å²) >= 11 is 9.05. The maximum absolute atomic E-state index is 12.2. The molecule has 1 aromatic carbocycles. The molecule has 7 heteroatoms. The number of rotatable bonds is 3. The topological polar surface area (TPSA) is 79.3 Å². The first kappa shape index (κ1) is 15.5. The molecule has 0 aliphatic heterocycles. The maximum Gasteiger partial charge on any atom is 0.337 e. The van der Waals surface area contributed by atoms with Crippen LogP contribution in [-0.2, 0) is 0 Å². The molecule has 0 saturated carbocycles. The average molecular weight is 370 g/mol. The predicted molar refractivity (Wildman–Crippen MR) is 83.0 cm³/mol. The fourth-order valence-electron chi connectivity index (χ4n) is 1.76. The van der Waals surface area contributed by atoms with Crippen molar-refractivity contribution in [1.29, 1.82) is 0 Å². The van der Waals surface area contributed by atoms with Crippen molar-refractivity contribution >= 4 is 45.1 Å². The van der Waals surface area contributed by atoms with Crippen LogP contribution in [0.1, 0.15) is 26.4 Å². The summed E-state index contributed by atoms with van der Waals surface area (Å²) in [6.45, 7) is 1.71. The van der Waals surface area contributed by atoms with Crippen molar-refractivity contribution in [1.82, 2.24) is 4.98 Å². The van der Waals surface area contributed by atoms with Gasteiger partial charge in [0.05, 0.1) is 11.3 Å². The van der Waals surface area contributed by atoms with Crippen LogP contribution in [0.15, 0.2) is 34.8 Å². The normalized spacial score (nSPS) is 10.2. The fourth-order valence-corrected chi connectivity index (χ4v) is 2.37. The summed E-state index contributed by atoms with van der Waals surface area (Å²) in [6, 6.07) is 7.51. The SMILES string of the molecule is Cc1cc(C(=O)Nc2cc(Br)ccc2C(=O)O)cc(Cl)n1. The minimum absolute atomic E-state index is 0.00317. The van der Waals surface area contributed by atoms with E-state index in [-0.39, 0.29) is 16.4 Å². The highest BCUT2D eigenvalue weighted by Gasteiger charge is 2.15. The van der Waals surface area contributed by atoms with Crippen molar-refractivity contribution < 1.29 is 14.7 Å². The van der Waals surface area contributed by atoms with Gasteiger partial charge in [0.1, 0.15) is 5.15 Å². The second-order valence-corrected chi connectivity index (χ2v) is 5.57. The zero-order chi connectivity index (χ0) is 15.6. The van der Waals surface area contributed by atoms with Crippen molar-refractivity contribution in [3.8, 4) is 0 Å². The Morgan fingerprint density at radius 3 is 2.62 bits per heavy atom. The summed E-state index contributed by atoms with van der Waals surface area (Å²) in [5.41, 5.74) is 1.11. The van der Waals surface area contributed by atoms with Gasteiger partial charge in [-0.15, -0.1) is 0 Å². The lowest BCUT2D eigenvalue weighted by Crippen LogP contribution is -2.15. The van der Waals surface area contributed by atoms with Crippen molar-refractivity contribution in [3.63, 3.8) is 0 Å². The molecule has 0 aliphatic rings. The number of aryl methyl sites for hydroxylation is 1. The van der Waals surface area contributed by atoms with Gasteiger partial charge in [-0.05, 0) is 37.3 Å². The van der Waals surface area contributed by atoms with Crippen LogP contribution in [0.4, 0.5) is 5.69 Å². The quantitative estimate of drug-likeness (QED) is 0.808. The number of nitrogens with zero attached hydrogens (tertiary/aromatic N) is 1. The van der Waals surface area contributed by atoms with Crippen LogP contribution >= 0.6 is 27.5 Å². The van der Waals surface area contributed by atoms with E-state index in [1.54, 1.807) is 19.1 Å². The third kappa shape index (κ3) is 3.80. The molecule has 0 spiro atoms. The molecule has 1 heterocycles. The van der Waals surface area contributed by atoms with Gasteiger partial charge in [0.25, 0.3) is 5.91 Å². The van der Waals surface area contributed by atoms with E-state index < -0.39 is 11.9 Å². The summed E-state index contributed by atoms with van der Waals surface area (Å²) in [6.07, 6.45) is 0. The van der Waals surface area contributed by atoms with Crippen LogP contribution in [0, 0.1) is 6.92 Å². The summed E-state index contributed by atoms with van der Waals surface area (Å²) in [5.74, 6) is -1.58. The van der Waals surface area contributed by atoms with E-state index in [1.807, 2.05) is 0 Å². The summed E-state index contributed by atoms with van der Waals surface area (Å²) in [7, 11) is 0. The third-order valence-corrected chi connectivity index (χ3v) is 3.33. The maximum atomic E-state index is 12.2. The second-order valence-electron chi connectivity index (χ2n) is 4.27. The number of benzene rings is 1. The highest BCUT2D eigenvalue weighted by atomic mass is 79.9. The van der Waals surface area contributed by atoms with Gasteiger partial charge < -0.3 is 10.4 Å². The number of halogens is 2. The van der Waals surface area contributed by atoms with Gasteiger partial charge in [0.15, 0.2) is 0 Å². The number of carboxylic acid groups (broad SMARTS) is 1. The van der Waals surface area contributed by atoms with Crippen molar-refractivity contribution in [2.24, 2.45) is 0 Å². The fraction of sp³-hybridized carbons (Fsp3) is 0.0714. The Labute approximate surface area is 134 Å². The summed E-state index contributed by atoms with van der Waals surface area (Å²) in [5, 5.41) is 11.9. The van der Waals surface area contributed by atoms with E-state index in [0.29, 0.717) is 15.7 Å². The molecule has 0 unspecified atom stereocenters. The van der Waals surface area contributed by atoms with Crippen molar-refractivity contribution in [2.45, 2.75) is 6.92 Å². The minimum atomic E-state index is -1.12. The second kappa shape index (κ2) is 6.24. The Kier molecular flexibility index (Phi) is 4.59. The molecule has 0 atom stereocenters. The van der Waals surface area contributed by atoms with E-state index in [2.05, 4.69) is 26.2 Å². The molecule has 0 fully saturated rings. The predicted octanol–water partition coefficient (Wildman–Crippen LogP) is 3.76. The van der Waals surface area contributed by atoms with Gasteiger partial charge >= 0.3 is 5.97 Å². The number of nitrogens with one attached hydrogen (secondary N) is 1. The molecule has 0 radical (unpaired) electrons. The van der Waals surface area contributed by atoms with Gasteiger partial charge in [-0.3, -0.25) is 4.79 Å². The van der Waals surface area contributed by atoms with Crippen molar-refractivity contribution in [2.75, 3.05) is 5.32 Å². The number of carbonyl (C=O) groups excluding carboxylic acids is 1. The van der Waals surface area contributed by atoms with Gasteiger partial charge in [0.2, 0.25) is 0 Å². The molecular formula is C14H10BrClN2O3. The summed E-state index contributed by atoms with van der Waals surface area (Å²) < 4.78 is 0.659. The molecule has 1 aromatic heterocycles. The number of aromatic carboxylic acids is 1. The minimum Gasteiger partial charge on any atom is -0.478 e. The molecule has 1 amide bonds. The van der Waals surface area contributed by atoms with Gasteiger partial charge in [-0.1, -0.05) is 27.5 Å². The highest BCUT2D eigenvalue weighted by molar-refractivity contribution is 9.10. The monoisotopic (exact) mass is 368 g/mol. The highest BCUT2D eigenvalue weighted by Crippen LogP contribution is 2.22. The molecular weight excluding hydrogens is 360 g/mol. The summed E-state index contributed by atoms with van der Waals surface area (Å²) in [4.78, 5) is 27.3. The molecule has 2 aromatic rings. The number of aromatic nitrogens is 1. The first-order valence-corrected chi connectivity index (χ1v) is 7.02. The van der Waals surface area contributed by atoms with Gasteiger partial charge in [-0.25, -0.2) is 9.78 Å².